The number of hydrogen-bond acceptors (Lipinski definition) is 15. The van der Waals surface area contributed by atoms with Crippen LogP contribution in [0.15, 0.2) is 0 Å². The predicted octanol–water partition coefficient (Wildman–Crippen LogP) is 12.2. The summed E-state index contributed by atoms with van der Waals surface area (Å²) in [4.78, 5) is 95.1. The summed E-state index contributed by atoms with van der Waals surface area (Å²) in [6, 6.07) is -0.705. The molecule has 2 atom stereocenters. The third-order valence-corrected chi connectivity index (χ3v) is 13.6. The lowest BCUT2D eigenvalue weighted by molar-refractivity contribution is -0.157. The van der Waals surface area contributed by atoms with Crippen molar-refractivity contribution in [1.82, 2.24) is 9.80 Å². The van der Waals surface area contributed by atoms with Crippen molar-refractivity contribution in [3.05, 3.63) is 0 Å². The number of carbonyl (C=O) groups excluding carboxylic acids is 7. The molecule has 0 aromatic carbocycles. The molecule has 74 heavy (non-hydrogen) atoms. The van der Waals surface area contributed by atoms with E-state index in [2.05, 4.69) is 32.6 Å². The van der Waals surface area contributed by atoms with Crippen molar-refractivity contribution in [2.75, 3.05) is 65.8 Å². The lowest BCUT2D eigenvalue weighted by Crippen LogP contribution is -2.40. The van der Waals surface area contributed by atoms with Gasteiger partial charge in [-0.15, -0.1) is 0 Å². The maximum Gasteiger partial charge on any atom is 0.410 e. The Morgan fingerprint density at radius 3 is 1.15 bits per heavy atom. The molecule has 0 saturated carbocycles. The zero-order valence-corrected chi connectivity index (χ0v) is 47.4. The van der Waals surface area contributed by atoms with Crippen LogP contribution in [-0.4, -0.2) is 130 Å². The molecule has 1 amide bonds. The number of nitrogens with zero attached hydrogens (tertiary/aromatic N) is 2. The molecule has 16 nitrogen and oxygen atoms in total. The van der Waals surface area contributed by atoms with Crippen molar-refractivity contribution in [1.29, 1.82) is 0 Å². The van der Waals surface area contributed by atoms with Gasteiger partial charge < -0.3 is 38.1 Å². The summed E-state index contributed by atoms with van der Waals surface area (Å²) in [5.74, 6) is -4.06. The molecule has 16 heteroatoms. The van der Waals surface area contributed by atoms with Crippen molar-refractivity contribution in [3.8, 4) is 0 Å². The van der Waals surface area contributed by atoms with Gasteiger partial charge in [-0.25, -0.2) is 4.79 Å². The van der Waals surface area contributed by atoms with Crippen LogP contribution in [0.2, 0.25) is 0 Å². The molecular formula is C58H104N2O14. The Labute approximate surface area is 447 Å². The van der Waals surface area contributed by atoms with E-state index in [0.717, 1.165) is 142 Å². The summed E-state index contributed by atoms with van der Waals surface area (Å²) in [6.07, 6.45) is 23.8. The van der Waals surface area contributed by atoms with Gasteiger partial charge in [0.25, 0.3) is 0 Å². The van der Waals surface area contributed by atoms with Crippen LogP contribution < -0.4 is 0 Å². The highest BCUT2D eigenvalue weighted by molar-refractivity contribution is 5.73. The second-order valence-electron chi connectivity index (χ2n) is 20.4. The van der Waals surface area contributed by atoms with E-state index >= 15 is 0 Å². The van der Waals surface area contributed by atoms with Crippen LogP contribution in [0.3, 0.4) is 0 Å². The van der Waals surface area contributed by atoms with E-state index in [9.17, 15) is 33.6 Å². The van der Waals surface area contributed by atoms with Gasteiger partial charge in [-0.1, -0.05) is 170 Å². The summed E-state index contributed by atoms with van der Waals surface area (Å²) in [7, 11) is 0. The van der Waals surface area contributed by atoms with Gasteiger partial charge in [0.15, 0.2) is 0 Å². The Kier molecular flexibility index (Phi) is 42.6. The molecule has 0 spiro atoms. The Morgan fingerprint density at radius 1 is 0.432 bits per heavy atom. The largest absolute Gasteiger partial charge is 0.465 e. The summed E-state index contributed by atoms with van der Waals surface area (Å²) in [5, 5.41) is 0. The van der Waals surface area contributed by atoms with Crippen LogP contribution >= 0.6 is 0 Å². The molecule has 1 saturated heterocycles. The number of rotatable bonds is 48. The molecule has 0 aromatic heterocycles. The van der Waals surface area contributed by atoms with Crippen LogP contribution in [0.4, 0.5) is 4.79 Å². The summed E-state index contributed by atoms with van der Waals surface area (Å²) < 4.78 is 39.7. The van der Waals surface area contributed by atoms with E-state index < -0.39 is 42.0 Å². The number of likely N-dealkylation sites (N-methyl/N-ethyl adjacent to an activating group) is 1. The molecule has 0 N–H and O–H groups in total. The average Bonchev–Trinajstić information content (AvgIpc) is 3.80. The van der Waals surface area contributed by atoms with E-state index in [1.807, 2.05) is 13.8 Å². The number of amides is 1. The van der Waals surface area contributed by atoms with Gasteiger partial charge in [-0.05, 0) is 38.8 Å². The van der Waals surface area contributed by atoms with Crippen LogP contribution in [0, 0.1) is 11.8 Å². The van der Waals surface area contributed by atoms with Gasteiger partial charge in [0.2, 0.25) is 0 Å². The van der Waals surface area contributed by atoms with Crippen LogP contribution in [0.5, 0.6) is 0 Å². The summed E-state index contributed by atoms with van der Waals surface area (Å²) in [6.45, 7) is 14.1. The van der Waals surface area contributed by atoms with Gasteiger partial charge in [-0.2, -0.15) is 0 Å². The zero-order valence-electron chi connectivity index (χ0n) is 47.4. The van der Waals surface area contributed by atoms with E-state index in [4.69, 9.17) is 33.2 Å². The van der Waals surface area contributed by atoms with Crippen LogP contribution in [-0.2, 0) is 61.9 Å². The fourth-order valence-electron chi connectivity index (χ4n) is 8.84. The number of carbonyl (C=O) groups is 7. The lowest BCUT2D eigenvalue weighted by Gasteiger charge is -2.25. The molecule has 1 aliphatic heterocycles. The number of unbranched alkanes of at least 4 members (excludes halogenated alkanes) is 20. The number of hydrogen-bond donors (Lipinski definition) is 0. The third kappa shape index (κ3) is 36.9. The second kappa shape index (κ2) is 46.4. The molecule has 1 fully saturated rings. The number of likely N-dealkylation sites (tertiary alicyclic amines) is 1. The summed E-state index contributed by atoms with van der Waals surface area (Å²) in [5.41, 5.74) is 0. The lowest BCUT2D eigenvalue weighted by atomic mass is 10.1. The molecule has 0 aromatic rings. The zero-order chi connectivity index (χ0) is 54.4. The van der Waals surface area contributed by atoms with Gasteiger partial charge in [0, 0.05) is 50.5 Å². The number of ether oxygens (including phenoxy) is 7. The minimum atomic E-state index is -0.780. The first-order valence-corrected chi connectivity index (χ1v) is 29.5. The van der Waals surface area contributed by atoms with Crippen molar-refractivity contribution < 1.29 is 66.7 Å². The summed E-state index contributed by atoms with van der Waals surface area (Å²) >= 11 is 0. The highest BCUT2D eigenvalue weighted by Gasteiger charge is 2.39. The minimum Gasteiger partial charge on any atom is -0.465 e. The van der Waals surface area contributed by atoms with E-state index in [-0.39, 0.29) is 115 Å². The standard InChI is InChI=1S/C58H104N2O14/c1-7-13-17-21-25-29-33-52(61)69-43-48(44-70-53(62)34-30-26-22-18-14-8-2)39-56(65)73-47-50-41-51(42-60(50)58(67)68-38-37-59(11-5)12-6)74-57(66)40-49(45-71-54(63)35-31-27-23-19-15-9-3)46-72-55(64)36-32-28-24-20-16-10-4/h48-51H,7-47H2,1-6H3/t50-,51-/m1/s1. The van der Waals surface area contributed by atoms with E-state index in [0.29, 0.717) is 32.2 Å². The van der Waals surface area contributed by atoms with Crippen molar-refractivity contribution in [2.45, 2.75) is 253 Å². The Balaban J connectivity index is 3.07. The van der Waals surface area contributed by atoms with Gasteiger partial charge in [0.05, 0.1) is 51.9 Å². The fourth-order valence-corrected chi connectivity index (χ4v) is 8.84. The van der Waals surface area contributed by atoms with Crippen molar-refractivity contribution in [2.24, 2.45) is 11.8 Å². The third-order valence-electron chi connectivity index (χ3n) is 13.6. The van der Waals surface area contributed by atoms with Crippen LogP contribution in [0.25, 0.3) is 0 Å². The highest BCUT2D eigenvalue weighted by atomic mass is 16.6. The first-order chi connectivity index (χ1) is 35.9. The molecule has 1 heterocycles. The monoisotopic (exact) mass is 1050 g/mol. The Morgan fingerprint density at radius 2 is 0.784 bits per heavy atom. The molecule has 430 valence electrons. The predicted molar refractivity (Wildman–Crippen MR) is 287 cm³/mol. The van der Waals surface area contributed by atoms with Gasteiger partial charge in [0.1, 0.15) is 19.3 Å². The van der Waals surface area contributed by atoms with Gasteiger partial charge >= 0.3 is 41.9 Å². The molecule has 0 radical (unpaired) electrons. The van der Waals surface area contributed by atoms with Crippen LogP contribution in [0.1, 0.15) is 241 Å². The Hall–Kier alpha value is -3.95. The quantitative estimate of drug-likeness (QED) is 0.0317. The molecule has 0 unspecified atom stereocenters. The smallest absolute Gasteiger partial charge is 0.410 e. The maximum atomic E-state index is 13.6. The minimum absolute atomic E-state index is 0.0189. The topological polar surface area (TPSA) is 191 Å². The molecule has 1 rings (SSSR count). The fraction of sp³-hybridized carbons (Fsp3) is 0.879. The average molecular weight is 1050 g/mol. The highest BCUT2D eigenvalue weighted by Crippen LogP contribution is 2.24. The van der Waals surface area contributed by atoms with E-state index in [1.54, 1.807) is 0 Å². The van der Waals surface area contributed by atoms with Gasteiger partial charge in [-0.3, -0.25) is 33.7 Å². The first kappa shape index (κ1) is 68.1. The molecular weight excluding hydrogens is 949 g/mol. The molecule has 0 bridgehead atoms. The second-order valence-corrected chi connectivity index (χ2v) is 20.4. The molecule has 0 aliphatic carbocycles. The SMILES string of the molecule is CCCCCCCCC(=O)OCC(COC(=O)CCCCCCCC)CC(=O)OC[C@H]1C[C@@H](OC(=O)CC(COC(=O)CCCCCCCC)COC(=O)CCCCCCCC)CN1C(=O)OCCN(CC)CC. The Bertz CT molecular complexity index is 1430. The normalized spacial score (nSPS) is 14.4. The van der Waals surface area contributed by atoms with Crippen molar-refractivity contribution in [3.63, 3.8) is 0 Å². The van der Waals surface area contributed by atoms with Crippen molar-refractivity contribution >= 4 is 41.9 Å². The molecule has 1 aliphatic rings. The number of esters is 6. The maximum absolute atomic E-state index is 13.6. The first-order valence-electron chi connectivity index (χ1n) is 29.5. The van der Waals surface area contributed by atoms with E-state index in [1.165, 1.54) is 4.90 Å².